The van der Waals surface area contributed by atoms with Gasteiger partial charge < -0.3 is 5.11 Å². The largest absolute Gasteiger partial charge is 0.480 e. The molecule has 0 saturated carbocycles. The lowest BCUT2D eigenvalue weighted by Gasteiger charge is -2.08. The van der Waals surface area contributed by atoms with Gasteiger partial charge in [0.1, 0.15) is 16.3 Å². The molecule has 2 rings (SSSR count). The Labute approximate surface area is 120 Å². The number of aliphatic carboxylic acids is 1. The van der Waals surface area contributed by atoms with Crippen LogP contribution in [0.5, 0.6) is 0 Å². The minimum atomic E-state index is -0.938. The van der Waals surface area contributed by atoms with E-state index in [1.54, 1.807) is 37.5 Å². The average molecular weight is 285 g/mol. The normalized spacial score (nSPS) is 11.6. The van der Waals surface area contributed by atoms with Gasteiger partial charge in [0.15, 0.2) is 0 Å². The number of carboxylic acid groups (broad SMARTS) is 1. The quantitative estimate of drug-likeness (QED) is 0.869. The Morgan fingerprint density at radius 2 is 2.25 bits per heavy atom. The minimum Gasteiger partial charge on any atom is -0.480 e. The van der Waals surface area contributed by atoms with Gasteiger partial charge in [-0.25, -0.2) is 4.98 Å². The fraction of sp³-hybridized carbons (Fsp3) is 0.143. The molecule has 0 spiro atoms. The Bertz CT molecular complexity index is 668. The van der Waals surface area contributed by atoms with E-state index in [9.17, 15) is 4.79 Å². The monoisotopic (exact) mass is 285 g/mol. The minimum absolute atomic E-state index is 0.371. The average Bonchev–Trinajstić information content (AvgIpc) is 2.48. The zero-order valence-electron chi connectivity index (χ0n) is 10.6. The lowest BCUT2D eigenvalue weighted by atomic mass is 10.2. The summed E-state index contributed by atoms with van der Waals surface area (Å²) < 4.78 is 0. The predicted octanol–water partition coefficient (Wildman–Crippen LogP) is 2.58. The van der Waals surface area contributed by atoms with Crippen LogP contribution in [-0.4, -0.2) is 26.3 Å². The van der Waals surface area contributed by atoms with Crippen molar-refractivity contribution >= 4 is 17.7 Å². The van der Waals surface area contributed by atoms with E-state index in [-0.39, 0.29) is 0 Å². The van der Waals surface area contributed by atoms with Crippen LogP contribution in [0.4, 0.5) is 0 Å². The van der Waals surface area contributed by atoms with Crippen molar-refractivity contribution in [2.24, 2.45) is 0 Å². The third kappa shape index (κ3) is 3.13. The molecule has 2 aromatic rings. The van der Waals surface area contributed by atoms with Crippen molar-refractivity contribution in [3.05, 3.63) is 42.2 Å². The molecule has 0 aliphatic rings. The van der Waals surface area contributed by atoms with Crippen LogP contribution in [0.3, 0.4) is 0 Å². The maximum absolute atomic E-state index is 10.9. The highest BCUT2D eigenvalue weighted by molar-refractivity contribution is 8.00. The zero-order chi connectivity index (χ0) is 14.5. The van der Waals surface area contributed by atoms with Crippen LogP contribution in [-0.2, 0) is 4.79 Å². The fourth-order valence-electron chi connectivity index (χ4n) is 1.51. The van der Waals surface area contributed by atoms with E-state index in [1.165, 1.54) is 0 Å². The van der Waals surface area contributed by atoms with Gasteiger partial charge in [0.2, 0.25) is 0 Å². The van der Waals surface area contributed by atoms with E-state index in [4.69, 9.17) is 10.4 Å². The number of thioether (sulfide) groups is 1. The van der Waals surface area contributed by atoms with E-state index in [2.05, 4.69) is 9.97 Å². The lowest BCUT2D eigenvalue weighted by Crippen LogP contribution is -2.12. The van der Waals surface area contributed by atoms with Gasteiger partial charge in [-0.3, -0.25) is 9.78 Å². The second-order valence-corrected chi connectivity index (χ2v) is 5.33. The van der Waals surface area contributed by atoms with Crippen LogP contribution >= 0.6 is 11.8 Å². The Morgan fingerprint density at radius 1 is 1.45 bits per heavy atom. The molecule has 1 atom stereocenters. The highest BCUT2D eigenvalue weighted by atomic mass is 32.2. The molecule has 0 bridgehead atoms. The van der Waals surface area contributed by atoms with Crippen molar-refractivity contribution in [1.29, 1.82) is 5.26 Å². The third-order valence-electron chi connectivity index (χ3n) is 2.57. The van der Waals surface area contributed by atoms with Gasteiger partial charge >= 0.3 is 5.97 Å². The summed E-state index contributed by atoms with van der Waals surface area (Å²) in [5.41, 5.74) is 1.86. The van der Waals surface area contributed by atoms with E-state index >= 15 is 0 Å². The molecular weight excluding hydrogens is 274 g/mol. The molecule has 1 N–H and O–H groups in total. The number of nitrogens with zero attached hydrogens (tertiary/aromatic N) is 3. The number of aromatic nitrogens is 2. The number of nitriles is 1. The van der Waals surface area contributed by atoms with Crippen molar-refractivity contribution < 1.29 is 9.90 Å². The number of pyridine rings is 2. The topological polar surface area (TPSA) is 86.9 Å². The molecule has 0 fully saturated rings. The maximum atomic E-state index is 10.9. The molecule has 0 aromatic carbocycles. The predicted molar refractivity (Wildman–Crippen MR) is 75.1 cm³/mol. The molecule has 0 radical (unpaired) electrons. The Hall–Kier alpha value is -2.39. The van der Waals surface area contributed by atoms with Gasteiger partial charge in [-0.05, 0) is 31.2 Å². The number of carboxylic acids is 1. The summed E-state index contributed by atoms with van der Waals surface area (Å²) in [6, 6.07) is 9.05. The molecule has 6 heteroatoms. The van der Waals surface area contributed by atoms with Crippen LogP contribution < -0.4 is 0 Å². The molecule has 2 aromatic heterocycles. The first-order valence-electron chi connectivity index (χ1n) is 5.83. The van der Waals surface area contributed by atoms with Crippen LogP contribution in [0.1, 0.15) is 12.5 Å². The molecule has 100 valence electrons. The zero-order valence-corrected chi connectivity index (χ0v) is 11.5. The van der Waals surface area contributed by atoms with Crippen LogP contribution in [0, 0.1) is 11.3 Å². The summed E-state index contributed by atoms with van der Waals surface area (Å²) in [7, 11) is 0. The van der Waals surface area contributed by atoms with Crippen molar-refractivity contribution in [1.82, 2.24) is 9.97 Å². The molecule has 2 heterocycles. The van der Waals surface area contributed by atoms with Gasteiger partial charge in [-0.1, -0.05) is 11.8 Å². The van der Waals surface area contributed by atoms with E-state index in [0.717, 1.165) is 17.3 Å². The Morgan fingerprint density at radius 3 is 2.85 bits per heavy atom. The molecule has 0 amide bonds. The maximum Gasteiger partial charge on any atom is 0.316 e. The van der Waals surface area contributed by atoms with E-state index in [0.29, 0.717) is 16.3 Å². The molecule has 0 unspecified atom stereocenters. The molecule has 0 saturated heterocycles. The lowest BCUT2D eigenvalue weighted by molar-refractivity contribution is -0.136. The fourth-order valence-corrected chi connectivity index (χ4v) is 2.34. The van der Waals surface area contributed by atoms with Crippen molar-refractivity contribution in [3.8, 4) is 17.3 Å². The van der Waals surface area contributed by atoms with E-state index < -0.39 is 11.2 Å². The van der Waals surface area contributed by atoms with E-state index in [1.807, 2.05) is 12.1 Å². The molecular formula is C14H11N3O2S. The van der Waals surface area contributed by atoms with Gasteiger partial charge in [-0.2, -0.15) is 5.26 Å². The first-order valence-corrected chi connectivity index (χ1v) is 6.71. The SMILES string of the molecule is C[C@H](Sc1nc(-c2cccnc2)ccc1C#N)C(=O)O. The molecule has 5 nitrogen and oxygen atoms in total. The molecule has 0 aliphatic heterocycles. The summed E-state index contributed by atoms with van der Waals surface area (Å²) in [6.07, 6.45) is 3.33. The highest BCUT2D eigenvalue weighted by Crippen LogP contribution is 2.27. The molecule has 0 aliphatic carbocycles. The third-order valence-corrected chi connectivity index (χ3v) is 3.66. The summed E-state index contributed by atoms with van der Waals surface area (Å²) in [5, 5.41) is 17.8. The number of carbonyl (C=O) groups is 1. The second kappa shape index (κ2) is 6.17. The summed E-state index contributed by atoms with van der Waals surface area (Å²) in [5.74, 6) is -0.938. The number of hydrogen-bond acceptors (Lipinski definition) is 5. The highest BCUT2D eigenvalue weighted by Gasteiger charge is 2.16. The summed E-state index contributed by atoms with van der Waals surface area (Å²) in [6.45, 7) is 1.56. The van der Waals surface area contributed by atoms with Gasteiger partial charge in [0, 0.05) is 18.0 Å². The van der Waals surface area contributed by atoms with Gasteiger partial charge in [0.05, 0.1) is 11.3 Å². The smallest absolute Gasteiger partial charge is 0.316 e. The van der Waals surface area contributed by atoms with Crippen molar-refractivity contribution in [3.63, 3.8) is 0 Å². The standard InChI is InChI=1S/C14H11N3O2S/c1-9(14(18)19)20-13-10(7-15)4-5-12(17-13)11-3-2-6-16-8-11/h2-6,8-9H,1H3,(H,18,19)/t9-/m0/s1. The van der Waals surface area contributed by atoms with Crippen molar-refractivity contribution in [2.45, 2.75) is 17.2 Å². The van der Waals surface area contributed by atoms with Gasteiger partial charge in [0.25, 0.3) is 0 Å². The molecule has 20 heavy (non-hydrogen) atoms. The Kier molecular flexibility index (Phi) is 4.33. The van der Waals surface area contributed by atoms with Crippen LogP contribution in [0.25, 0.3) is 11.3 Å². The second-order valence-electron chi connectivity index (χ2n) is 4.00. The number of hydrogen-bond donors (Lipinski definition) is 1. The van der Waals surface area contributed by atoms with Crippen molar-refractivity contribution in [2.75, 3.05) is 0 Å². The number of rotatable bonds is 4. The summed E-state index contributed by atoms with van der Waals surface area (Å²) in [4.78, 5) is 19.3. The summed E-state index contributed by atoms with van der Waals surface area (Å²) >= 11 is 1.06. The first kappa shape index (κ1) is 14.0. The first-order chi connectivity index (χ1) is 9.61. The van der Waals surface area contributed by atoms with Crippen LogP contribution in [0.15, 0.2) is 41.7 Å². The Balaban J connectivity index is 2.40. The van der Waals surface area contributed by atoms with Gasteiger partial charge in [-0.15, -0.1) is 0 Å². The van der Waals surface area contributed by atoms with Crippen LogP contribution in [0.2, 0.25) is 0 Å².